The summed E-state index contributed by atoms with van der Waals surface area (Å²) in [6.45, 7) is 5.23. The van der Waals surface area contributed by atoms with E-state index < -0.39 is 11.9 Å². The lowest BCUT2D eigenvalue weighted by atomic mass is 10.0. The molecule has 2 heterocycles. The van der Waals surface area contributed by atoms with Crippen LogP contribution >= 0.6 is 0 Å². The van der Waals surface area contributed by atoms with Gasteiger partial charge in [0, 0.05) is 12.1 Å². The van der Waals surface area contributed by atoms with E-state index in [9.17, 15) is 9.59 Å². The van der Waals surface area contributed by atoms with Gasteiger partial charge in [-0.2, -0.15) is 5.10 Å². The maximum absolute atomic E-state index is 12.0. The van der Waals surface area contributed by atoms with Crippen LogP contribution in [0.5, 0.6) is 0 Å². The van der Waals surface area contributed by atoms with Crippen molar-refractivity contribution in [3.8, 4) is 11.3 Å². The van der Waals surface area contributed by atoms with Gasteiger partial charge < -0.3 is 16.4 Å². The van der Waals surface area contributed by atoms with Gasteiger partial charge >= 0.3 is 6.03 Å². The number of fused-ring (bicyclic) bond motifs is 1. The quantitative estimate of drug-likeness (QED) is 0.868. The third-order valence-corrected chi connectivity index (χ3v) is 4.32. The third kappa shape index (κ3) is 2.54. The van der Waals surface area contributed by atoms with Crippen molar-refractivity contribution in [2.24, 2.45) is 11.5 Å². The summed E-state index contributed by atoms with van der Waals surface area (Å²) in [4.78, 5) is 24.9. The number of nitrogens with two attached hydrogens (primary N) is 2. The molecule has 7 nitrogen and oxygen atoms in total. The highest BCUT2D eigenvalue weighted by Crippen LogP contribution is 2.29. The van der Waals surface area contributed by atoms with Crippen LogP contribution in [-0.4, -0.2) is 33.2 Å². The molecule has 0 aliphatic carbocycles. The Balaban J connectivity index is 2.14. The molecule has 0 saturated carbocycles. The van der Waals surface area contributed by atoms with Crippen molar-refractivity contribution in [2.75, 3.05) is 6.54 Å². The Kier molecular flexibility index (Phi) is 3.55. The van der Waals surface area contributed by atoms with Gasteiger partial charge in [-0.3, -0.25) is 9.48 Å². The van der Waals surface area contributed by atoms with Gasteiger partial charge in [-0.25, -0.2) is 4.79 Å². The molecule has 2 aromatic rings. The molecule has 1 aromatic carbocycles. The van der Waals surface area contributed by atoms with Gasteiger partial charge in [0.05, 0.1) is 24.3 Å². The standard InChI is InChI=1S/C16H19N5O2/c1-9-3-4-11(7-10(9)2)14-13(15(17)22)12-8-20(16(18)23)5-6-21(12)19-14/h3-4,7H,5-6,8H2,1-2H3,(H2,17,22)(H2,18,23). The molecule has 0 spiro atoms. The number of aromatic nitrogens is 2. The van der Waals surface area contributed by atoms with Gasteiger partial charge in [0.15, 0.2) is 0 Å². The van der Waals surface area contributed by atoms with Crippen LogP contribution in [-0.2, 0) is 13.1 Å². The van der Waals surface area contributed by atoms with E-state index in [1.54, 1.807) is 4.68 Å². The van der Waals surface area contributed by atoms with E-state index >= 15 is 0 Å². The lowest BCUT2D eigenvalue weighted by molar-refractivity contribution is 0.0997. The van der Waals surface area contributed by atoms with E-state index in [0.717, 1.165) is 11.1 Å². The van der Waals surface area contributed by atoms with Gasteiger partial charge in [-0.1, -0.05) is 12.1 Å². The summed E-state index contributed by atoms with van der Waals surface area (Å²) in [7, 11) is 0. The zero-order valence-corrected chi connectivity index (χ0v) is 13.2. The summed E-state index contributed by atoms with van der Waals surface area (Å²) >= 11 is 0. The van der Waals surface area contributed by atoms with Crippen LogP contribution in [0.4, 0.5) is 4.79 Å². The summed E-state index contributed by atoms with van der Waals surface area (Å²) in [6.07, 6.45) is 0. The highest BCUT2D eigenvalue weighted by atomic mass is 16.2. The summed E-state index contributed by atoms with van der Waals surface area (Å²) in [5, 5.41) is 4.54. The van der Waals surface area contributed by atoms with Crippen LogP contribution in [0.2, 0.25) is 0 Å². The number of benzene rings is 1. The van der Waals surface area contributed by atoms with Crippen LogP contribution in [0.25, 0.3) is 11.3 Å². The minimum absolute atomic E-state index is 0.242. The van der Waals surface area contributed by atoms with Gasteiger partial charge in [0.25, 0.3) is 5.91 Å². The van der Waals surface area contributed by atoms with Crippen molar-refractivity contribution in [3.05, 3.63) is 40.6 Å². The van der Waals surface area contributed by atoms with Gasteiger partial charge in [0.1, 0.15) is 5.69 Å². The number of carbonyl (C=O) groups excluding carboxylic acids is 2. The number of nitrogens with zero attached hydrogens (tertiary/aromatic N) is 3. The van der Waals surface area contributed by atoms with Crippen LogP contribution < -0.4 is 11.5 Å². The van der Waals surface area contributed by atoms with Crippen molar-refractivity contribution >= 4 is 11.9 Å². The Labute approximate surface area is 133 Å². The van der Waals surface area contributed by atoms with Crippen LogP contribution in [0.15, 0.2) is 18.2 Å². The molecule has 23 heavy (non-hydrogen) atoms. The maximum atomic E-state index is 12.0. The minimum atomic E-state index is -0.550. The Bertz CT molecular complexity index is 809. The molecule has 0 unspecified atom stereocenters. The number of amides is 3. The first-order chi connectivity index (χ1) is 10.9. The molecule has 4 N–H and O–H groups in total. The molecule has 120 valence electrons. The monoisotopic (exact) mass is 313 g/mol. The summed E-state index contributed by atoms with van der Waals surface area (Å²) in [6, 6.07) is 5.39. The number of carbonyl (C=O) groups is 2. The van der Waals surface area contributed by atoms with Crippen LogP contribution in [0, 0.1) is 13.8 Å². The van der Waals surface area contributed by atoms with Crippen LogP contribution in [0.1, 0.15) is 27.2 Å². The highest BCUT2D eigenvalue weighted by Gasteiger charge is 2.28. The van der Waals surface area contributed by atoms with Crippen molar-refractivity contribution in [1.29, 1.82) is 0 Å². The number of hydrogen-bond acceptors (Lipinski definition) is 3. The molecule has 1 aliphatic heterocycles. The number of primary amides is 2. The number of hydrogen-bond donors (Lipinski definition) is 2. The second kappa shape index (κ2) is 5.42. The second-order valence-corrected chi connectivity index (χ2v) is 5.82. The zero-order valence-electron chi connectivity index (χ0n) is 13.2. The molecule has 0 bridgehead atoms. The van der Waals surface area contributed by atoms with E-state index in [1.165, 1.54) is 10.5 Å². The Morgan fingerprint density at radius 3 is 2.48 bits per heavy atom. The molecule has 0 saturated heterocycles. The van der Waals surface area contributed by atoms with Crippen molar-refractivity contribution < 1.29 is 9.59 Å². The summed E-state index contributed by atoms with van der Waals surface area (Å²) in [5.41, 5.74) is 15.6. The van der Waals surface area contributed by atoms with Crippen LogP contribution in [0.3, 0.4) is 0 Å². The molecule has 3 rings (SSSR count). The molecule has 3 amide bonds. The van der Waals surface area contributed by atoms with Gasteiger partial charge in [-0.15, -0.1) is 0 Å². The third-order valence-electron chi connectivity index (χ3n) is 4.32. The van der Waals surface area contributed by atoms with E-state index in [2.05, 4.69) is 5.10 Å². The molecule has 0 atom stereocenters. The molecule has 0 radical (unpaired) electrons. The molecule has 0 fully saturated rings. The second-order valence-electron chi connectivity index (χ2n) is 5.82. The average molecular weight is 313 g/mol. The largest absolute Gasteiger partial charge is 0.365 e. The van der Waals surface area contributed by atoms with Crippen molar-refractivity contribution in [3.63, 3.8) is 0 Å². The Morgan fingerprint density at radius 1 is 1.13 bits per heavy atom. The number of rotatable bonds is 2. The van der Waals surface area contributed by atoms with Crippen molar-refractivity contribution in [1.82, 2.24) is 14.7 Å². The Morgan fingerprint density at radius 2 is 1.87 bits per heavy atom. The Hall–Kier alpha value is -2.83. The average Bonchev–Trinajstić information content (AvgIpc) is 2.88. The van der Waals surface area contributed by atoms with E-state index in [-0.39, 0.29) is 6.54 Å². The fourth-order valence-corrected chi connectivity index (χ4v) is 2.86. The smallest absolute Gasteiger partial charge is 0.315 e. The molecule has 1 aromatic heterocycles. The molecule has 7 heteroatoms. The summed E-state index contributed by atoms with van der Waals surface area (Å²) < 4.78 is 1.74. The topological polar surface area (TPSA) is 107 Å². The predicted molar refractivity (Wildman–Crippen MR) is 85.6 cm³/mol. The lowest BCUT2D eigenvalue weighted by Crippen LogP contribution is -2.42. The first-order valence-electron chi connectivity index (χ1n) is 7.40. The highest BCUT2D eigenvalue weighted by molar-refractivity contribution is 6.00. The molecule has 1 aliphatic rings. The molecular formula is C16H19N5O2. The number of aryl methyl sites for hydroxylation is 2. The lowest BCUT2D eigenvalue weighted by Gasteiger charge is -2.26. The normalized spacial score (nSPS) is 13.7. The van der Waals surface area contributed by atoms with E-state index in [0.29, 0.717) is 30.0 Å². The fourth-order valence-electron chi connectivity index (χ4n) is 2.86. The fraction of sp³-hybridized carbons (Fsp3) is 0.312. The van der Waals surface area contributed by atoms with Gasteiger partial charge in [0.2, 0.25) is 0 Å². The first kappa shape index (κ1) is 15.1. The number of urea groups is 1. The zero-order chi connectivity index (χ0) is 16.7. The maximum Gasteiger partial charge on any atom is 0.315 e. The molecular weight excluding hydrogens is 294 g/mol. The van der Waals surface area contributed by atoms with Gasteiger partial charge in [-0.05, 0) is 31.0 Å². The van der Waals surface area contributed by atoms with E-state index in [1.807, 2.05) is 32.0 Å². The predicted octanol–water partition coefficient (Wildman–Crippen LogP) is 1.16. The summed E-state index contributed by atoms with van der Waals surface area (Å²) in [5.74, 6) is -0.550. The van der Waals surface area contributed by atoms with E-state index in [4.69, 9.17) is 11.5 Å². The SMILES string of the molecule is Cc1ccc(-c2nn3c(c2C(N)=O)CN(C(N)=O)CC3)cc1C. The first-order valence-corrected chi connectivity index (χ1v) is 7.40. The minimum Gasteiger partial charge on any atom is -0.365 e. The van der Waals surface area contributed by atoms with Crippen molar-refractivity contribution in [2.45, 2.75) is 26.9 Å².